The van der Waals surface area contributed by atoms with Crippen LogP contribution in [0.2, 0.25) is 0 Å². The Kier molecular flexibility index (Phi) is 6.16. The summed E-state index contributed by atoms with van der Waals surface area (Å²) in [5.74, 6) is 2.50. The van der Waals surface area contributed by atoms with Gasteiger partial charge in [0.2, 0.25) is 0 Å². The Balaban J connectivity index is 1.57. The van der Waals surface area contributed by atoms with Gasteiger partial charge in [0.15, 0.2) is 0 Å². The summed E-state index contributed by atoms with van der Waals surface area (Å²) in [7, 11) is 0. The lowest BCUT2D eigenvalue weighted by molar-refractivity contribution is 0.127. The number of nitrogens with one attached hydrogen (secondary N) is 1. The van der Waals surface area contributed by atoms with Gasteiger partial charge < -0.3 is 14.8 Å². The number of furan rings is 1. The number of aliphatic hydroxyl groups is 1. The summed E-state index contributed by atoms with van der Waals surface area (Å²) < 4.78 is 5.85. The monoisotopic (exact) mass is 342 g/mol. The number of aryl methyl sites for hydroxylation is 1. The minimum Gasteiger partial charge on any atom is -0.464 e. The summed E-state index contributed by atoms with van der Waals surface area (Å²) >= 11 is 0. The average molecular weight is 342 g/mol. The maximum atomic E-state index is 9.26. The minimum absolute atomic E-state index is 0.149. The first kappa shape index (κ1) is 18.0. The average Bonchev–Trinajstić information content (AvgIpc) is 3.12. The molecule has 1 aromatic carbocycles. The van der Waals surface area contributed by atoms with E-state index in [9.17, 15) is 5.11 Å². The molecule has 1 aliphatic heterocycles. The highest BCUT2D eigenvalue weighted by atomic mass is 16.3. The maximum absolute atomic E-state index is 9.26. The lowest BCUT2D eigenvalue weighted by atomic mass is 9.97. The first-order valence-corrected chi connectivity index (χ1v) is 9.45. The first-order chi connectivity index (χ1) is 12.2. The molecule has 4 nitrogen and oxygen atoms in total. The van der Waals surface area contributed by atoms with Crippen molar-refractivity contribution in [1.29, 1.82) is 0 Å². The van der Waals surface area contributed by atoms with Crippen molar-refractivity contribution in [3.8, 4) is 0 Å². The van der Waals surface area contributed by atoms with Crippen LogP contribution in [0.25, 0.3) is 0 Å². The van der Waals surface area contributed by atoms with Gasteiger partial charge in [0.25, 0.3) is 0 Å². The van der Waals surface area contributed by atoms with Gasteiger partial charge in [0, 0.05) is 25.3 Å². The van der Waals surface area contributed by atoms with Gasteiger partial charge in [-0.05, 0) is 68.6 Å². The van der Waals surface area contributed by atoms with E-state index in [1.54, 1.807) is 0 Å². The molecular formula is C21H30N2O2. The van der Waals surface area contributed by atoms with Gasteiger partial charge in [-0.1, -0.05) is 19.1 Å². The van der Waals surface area contributed by atoms with Gasteiger partial charge in [0.1, 0.15) is 11.5 Å². The second-order valence-electron chi connectivity index (χ2n) is 7.13. The summed E-state index contributed by atoms with van der Waals surface area (Å²) in [6, 6.07) is 12.9. The summed E-state index contributed by atoms with van der Waals surface area (Å²) in [5.41, 5.74) is 2.46. The molecule has 1 unspecified atom stereocenters. The molecule has 136 valence electrons. The second-order valence-corrected chi connectivity index (χ2v) is 7.13. The Labute approximate surface area is 150 Å². The largest absolute Gasteiger partial charge is 0.464 e. The van der Waals surface area contributed by atoms with Crippen LogP contribution in [0.5, 0.6) is 0 Å². The minimum atomic E-state index is 0.149. The van der Waals surface area contributed by atoms with E-state index in [1.807, 2.05) is 0 Å². The molecule has 25 heavy (non-hydrogen) atoms. The Hall–Kier alpha value is -1.78. The smallest absolute Gasteiger partial charge is 0.126 e. The molecule has 2 aromatic rings. The van der Waals surface area contributed by atoms with Crippen LogP contribution in [-0.4, -0.2) is 29.7 Å². The molecule has 0 aliphatic carbocycles. The number of nitrogens with zero attached hydrogens (tertiary/aromatic N) is 1. The number of piperidine rings is 1. The molecule has 1 fully saturated rings. The van der Waals surface area contributed by atoms with Crippen molar-refractivity contribution < 1.29 is 9.52 Å². The number of hydrogen-bond donors (Lipinski definition) is 2. The zero-order valence-electron chi connectivity index (χ0n) is 15.4. The molecule has 0 radical (unpaired) electrons. The summed E-state index contributed by atoms with van der Waals surface area (Å²) in [4.78, 5) is 2.48. The number of hydrogen-bond acceptors (Lipinski definition) is 4. The molecule has 1 saturated heterocycles. The summed E-state index contributed by atoms with van der Waals surface area (Å²) in [6.07, 6.45) is 3.13. The normalized spacial score (nSPS) is 17.6. The summed E-state index contributed by atoms with van der Waals surface area (Å²) in [5, 5.41) is 12.8. The van der Waals surface area contributed by atoms with E-state index in [-0.39, 0.29) is 6.04 Å². The van der Waals surface area contributed by atoms with E-state index in [4.69, 9.17) is 4.42 Å². The van der Waals surface area contributed by atoms with Crippen molar-refractivity contribution >= 4 is 5.69 Å². The van der Waals surface area contributed by atoms with Crippen LogP contribution in [-0.2, 0) is 13.0 Å². The predicted molar refractivity (Wildman–Crippen MR) is 102 cm³/mol. The number of benzene rings is 1. The van der Waals surface area contributed by atoms with E-state index in [0.717, 1.165) is 56.1 Å². The fourth-order valence-corrected chi connectivity index (χ4v) is 3.48. The zero-order chi connectivity index (χ0) is 17.6. The molecule has 0 saturated carbocycles. The SMILES string of the molecule is CCc1ccc(C(C)Nc2cccc(CN3CCC(CO)CC3)c2)o1. The number of aliphatic hydroxyl groups excluding tert-OH is 1. The first-order valence-electron chi connectivity index (χ1n) is 9.45. The van der Waals surface area contributed by atoms with E-state index in [0.29, 0.717) is 12.5 Å². The standard InChI is InChI=1S/C21H30N2O2/c1-3-20-7-8-21(25-20)16(2)22-19-6-4-5-18(13-19)14-23-11-9-17(15-24)10-12-23/h4-8,13,16-17,22,24H,3,9-12,14-15H2,1-2H3. The predicted octanol–water partition coefficient (Wildman–Crippen LogP) is 4.22. The lowest BCUT2D eigenvalue weighted by Gasteiger charge is -2.31. The number of likely N-dealkylation sites (tertiary alicyclic amines) is 1. The molecule has 0 bridgehead atoms. The van der Waals surface area contributed by atoms with Crippen molar-refractivity contribution in [3.63, 3.8) is 0 Å². The lowest BCUT2D eigenvalue weighted by Crippen LogP contribution is -2.34. The zero-order valence-corrected chi connectivity index (χ0v) is 15.4. The number of anilines is 1. The van der Waals surface area contributed by atoms with Gasteiger partial charge >= 0.3 is 0 Å². The Morgan fingerprint density at radius 1 is 1.24 bits per heavy atom. The fourth-order valence-electron chi connectivity index (χ4n) is 3.48. The Morgan fingerprint density at radius 3 is 2.72 bits per heavy atom. The van der Waals surface area contributed by atoms with Crippen molar-refractivity contribution in [2.24, 2.45) is 5.92 Å². The van der Waals surface area contributed by atoms with E-state index in [2.05, 4.69) is 60.5 Å². The van der Waals surface area contributed by atoms with Gasteiger partial charge in [-0.3, -0.25) is 4.90 Å². The van der Waals surface area contributed by atoms with Crippen LogP contribution in [0.3, 0.4) is 0 Å². The van der Waals surface area contributed by atoms with Crippen molar-refractivity contribution in [2.75, 3.05) is 25.0 Å². The van der Waals surface area contributed by atoms with Crippen LogP contribution in [0.15, 0.2) is 40.8 Å². The molecule has 2 heterocycles. The third-order valence-electron chi connectivity index (χ3n) is 5.14. The van der Waals surface area contributed by atoms with Crippen LogP contribution >= 0.6 is 0 Å². The second kappa shape index (κ2) is 8.54. The molecule has 0 spiro atoms. The molecule has 0 amide bonds. The topological polar surface area (TPSA) is 48.6 Å². The highest BCUT2D eigenvalue weighted by Crippen LogP contribution is 2.23. The summed E-state index contributed by atoms with van der Waals surface area (Å²) in [6.45, 7) is 7.69. The molecule has 4 heteroatoms. The number of rotatable bonds is 7. The van der Waals surface area contributed by atoms with Crippen LogP contribution < -0.4 is 5.32 Å². The van der Waals surface area contributed by atoms with Crippen LogP contribution in [0, 0.1) is 5.92 Å². The quantitative estimate of drug-likeness (QED) is 0.791. The molecule has 1 aromatic heterocycles. The molecular weight excluding hydrogens is 312 g/mol. The van der Waals surface area contributed by atoms with E-state index in [1.165, 1.54) is 5.56 Å². The highest BCUT2D eigenvalue weighted by molar-refractivity contribution is 5.47. The van der Waals surface area contributed by atoms with Crippen molar-refractivity contribution in [3.05, 3.63) is 53.5 Å². The third kappa shape index (κ3) is 4.86. The Bertz CT molecular complexity index is 659. The van der Waals surface area contributed by atoms with Gasteiger partial charge in [-0.2, -0.15) is 0 Å². The molecule has 3 rings (SSSR count). The highest BCUT2D eigenvalue weighted by Gasteiger charge is 2.18. The van der Waals surface area contributed by atoms with Gasteiger partial charge in [-0.15, -0.1) is 0 Å². The van der Waals surface area contributed by atoms with Gasteiger partial charge in [0.05, 0.1) is 6.04 Å². The van der Waals surface area contributed by atoms with E-state index >= 15 is 0 Å². The van der Waals surface area contributed by atoms with Crippen LogP contribution in [0.4, 0.5) is 5.69 Å². The van der Waals surface area contributed by atoms with Gasteiger partial charge in [-0.25, -0.2) is 0 Å². The Morgan fingerprint density at radius 2 is 2.04 bits per heavy atom. The molecule has 2 N–H and O–H groups in total. The molecule has 1 aliphatic rings. The van der Waals surface area contributed by atoms with Crippen LogP contribution in [0.1, 0.15) is 49.8 Å². The van der Waals surface area contributed by atoms with Crippen molar-refractivity contribution in [2.45, 2.75) is 45.7 Å². The third-order valence-corrected chi connectivity index (χ3v) is 5.14. The van der Waals surface area contributed by atoms with E-state index < -0.39 is 0 Å². The molecule has 1 atom stereocenters. The van der Waals surface area contributed by atoms with Crippen molar-refractivity contribution in [1.82, 2.24) is 4.90 Å². The maximum Gasteiger partial charge on any atom is 0.126 e. The fraction of sp³-hybridized carbons (Fsp3) is 0.524.